The van der Waals surface area contributed by atoms with Gasteiger partial charge in [-0.05, 0) is 42.0 Å². The molecule has 150 valence electrons. The van der Waals surface area contributed by atoms with Crippen LogP contribution in [0.2, 0.25) is 5.02 Å². The Labute approximate surface area is 179 Å². The van der Waals surface area contributed by atoms with E-state index in [1.807, 2.05) is 46.7 Å². The fourth-order valence-corrected chi connectivity index (χ4v) is 3.97. The molecule has 0 bridgehead atoms. The van der Waals surface area contributed by atoms with Gasteiger partial charge < -0.3 is 9.64 Å². The molecule has 0 atom stereocenters. The molecule has 4 rings (SSSR count). The minimum absolute atomic E-state index is 0.0715. The molecule has 3 aromatic rings. The van der Waals surface area contributed by atoms with Crippen molar-refractivity contribution >= 4 is 28.8 Å². The molecule has 0 N–H and O–H groups in total. The van der Waals surface area contributed by atoms with Crippen molar-refractivity contribution in [1.82, 2.24) is 14.8 Å². The molecule has 1 amide bonds. The largest absolute Gasteiger partial charge is 0.487 e. The van der Waals surface area contributed by atoms with Crippen LogP contribution in [-0.4, -0.2) is 46.9 Å². The molecule has 0 aliphatic carbocycles. The fraction of sp³-hybridized carbons (Fsp3) is 0.273. The minimum atomic E-state index is 0.0715. The normalized spacial score (nSPS) is 14.7. The van der Waals surface area contributed by atoms with Gasteiger partial charge in [-0.1, -0.05) is 23.7 Å². The van der Waals surface area contributed by atoms with Crippen LogP contribution in [-0.2, 0) is 13.2 Å². The summed E-state index contributed by atoms with van der Waals surface area (Å²) in [5.41, 5.74) is 4.63. The van der Waals surface area contributed by atoms with Crippen LogP contribution in [0.25, 0.3) is 0 Å². The number of carbonyl (C=O) groups excluding carboxylic acids is 1. The Morgan fingerprint density at radius 1 is 1.03 bits per heavy atom. The van der Waals surface area contributed by atoms with E-state index in [4.69, 9.17) is 16.3 Å². The average molecular weight is 428 g/mol. The van der Waals surface area contributed by atoms with Crippen molar-refractivity contribution in [2.24, 2.45) is 0 Å². The van der Waals surface area contributed by atoms with E-state index in [0.29, 0.717) is 12.2 Å². The van der Waals surface area contributed by atoms with Crippen LogP contribution < -0.4 is 4.74 Å². The number of ether oxygens (including phenoxy) is 1. The van der Waals surface area contributed by atoms with E-state index in [2.05, 4.69) is 22.0 Å². The van der Waals surface area contributed by atoms with Crippen LogP contribution in [0.3, 0.4) is 0 Å². The van der Waals surface area contributed by atoms with Gasteiger partial charge in [0.1, 0.15) is 12.4 Å². The number of nitrogens with zero attached hydrogens (tertiary/aromatic N) is 3. The molecule has 29 heavy (non-hydrogen) atoms. The standard InChI is InChI=1S/C22H22ClN3O2S/c23-19-5-1-17(2-6-19)13-25-9-11-26(12-10-25)22(27)18-3-7-21(8-4-18)28-14-20-15-29-16-24-20/h1-8,15-16H,9-14H2. The number of halogens is 1. The average Bonchev–Trinajstić information content (AvgIpc) is 3.28. The second-order valence-corrected chi connectivity index (χ2v) is 8.14. The lowest BCUT2D eigenvalue weighted by molar-refractivity contribution is 0.0628. The van der Waals surface area contributed by atoms with Crippen LogP contribution in [0, 0.1) is 0 Å². The van der Waals surface area contributed by atoms with Crippen molar-refractivity contribution < 1.29 is 9.53 Å². The van der Waals surface area contributed by atoms with Crippen molar-refractivity contribution in [3.63, 3.8) is 0 Å². The third-order valence-corrected chi connectivity index (χ3v) is 5.84. The van der Waals surface area contributed by atoms with E-state index in [-0.39, 0.29) is 5.91 Å². The Kier molecular flexibility index (Phi) is 6.44. The lowest BCUT2D eigenvalue weighted by atomic mass is 10.1. The highest BCUT2D eigenvalue weighted by Gasteiger charge is 2.22. The lowest BCUT2D eigenvalue weighted by Crippen LogP contribution is -2.48. The predicted octanol–water partition coefficient (Wildman–Crippen LogP) is 4.33. The van der Waals surface area contributed by atoms with Crippen LogP contribution >= 0.6 is 22.9 Å². The summed E-state index contributed by atoms with van der Waals surface area (Å²) in [5.74, 6) is 0.810. The number of thiazole rings is 1. The monoisotopic (exact) mass is 427 g/mol. The van der Waals surface area contributed by atoms with E-state index in [1.165, 1.54) is 5.56 Å². The van der Waals surface area contributed by atoms with E-state index in [0.717, 1.165) is 49.2 Å². The molecule has 2 aromatic carbocycles. The van der Waals surface area contributed by atoms with Crippen molar-refractivity contribution in [3.05, 3.63) is 81.3 Å². The number of benzene rings is 2. The number of aromatic nitrogens is 1. The first-order chi connectivity index (χ1) is 14.2. The summed E-state index contributed by atoms with van der Waals surface area (Å²) in [5, 5.41) is 2.72. The second kappa shape index (κ2) is 9.39. The molecule has 5 nitrogen and oxygen atoms in total. The fourth-order valence-electron chi connectivity index (χ4n) is 3.30. The third-order valence-electron chi connectivity index (χ3n) is 4.95. The first kappa shape index (κ1) is 19.9. The summed E-state index contributed by atoms with van der Waals surface area (Å²) in [6, 6.07) is 15.3. The first-order valence-corrected chi connectivity index (χ1v) is 10.9. The highest BCUT2D eigenvalue weighted by molar-refractivity contribution is 7.07. The molecule has 1 fully saturated rings. The smallest absolute Gasteiger partial charge is 0.253 e. The highest BCUT2D eigenvalue weighted by Crippen LogP contribution is 2.17. The highest BCUT2D eigenvalue weighted by atomic mass is 35.5. The number of amides is 1. The number of rotatable bonds is 6. The Balaban J connectivity index is 1.27. The third kappa shape index (κ3) is 5.35. The molecule has 2 heterocycles. The molecule has 0 saturated carbocycles. The number of hydrogen-bond acceptors (Lipinski definition) is 5. The minimum Gasteiger partial charge on any atom is -0.487 e. The zero-order valence-electron chi connectivity index (χ0n) is 16.0. The molecule has 0 spiro atoms. The summed E-state index contributed by atoms with van der Waals surface area (Å²) in [7, 11) is 0. The molecular weight excluding hydrogens is 406 g/mol. The van der Waals surface area contributed by atoms with E-state index in [9.17, 15) is 4.79 Å². The zero-order chi connectivity index (χ0) is 20.1. The molecular formula is C22H22ClN3O2S. The van der Waals surface area contributed by atoms with Gasteiger partial charge in [0, 0.05) is 48.7 Å². The summed E-state index contributed by atoms with van der Waals surface area (Å²) < 4.78 is 5.71. The zero-order valence-corrected chi connectivity index (χ0v) is 17.5. The molecule has 0 unspecified atom stereocenters. The lowest BCUT2D eigenvalue weighted by Gasteiger charge is -2.34. The van der Waals surface area contributed by atoms with Crippen molar-refractivity contribution in [1.29, 1.82) is 0 Å². The maximum absolute atomic E-state index is 12.8. The van der Waals surface area contributed by atoms with Gasteiger partial charge in [-0.15, -0.1) is 11.3 Å². The second-order valence-electron chi connectivity index (χ2n) is 6.99. The summed E-state index contributed by atoms with van der Waals surface area (Å²) in [6.07, 6.45) is 0. The van der Waals surface area contributed by atoms with Gasteiger partial charge in [-0.3, -0.25) is 9.69 Å². The number of carbonyl (C=O) groups is 1. The maximum atomic E-state index is 12.8. The van der Waals surface area contributed by atoms with E-state index >= 15 is 0 Å². The van der Waals surface area contributed by atoms with Gasteiger partial charge in [0.25, 0.3) is 5.91 Å². The molecule has 1 aliphatic heterocycles. The Morgan fingerprint density at radius 3 is 2.41 bits per heavy atom. The molecule has 1 saturated heterocycles. The number of piperazine rings is 1. The Bertz CT molecular complexity index is 922. The topological polar surface area (TPSA) is 45.7 Å². The quantitative estimate of drug-likeness (QED) is 0.587. The van der Waals surface area contributed by atoms with Crippen LogP contribution in [0.5, 0.6) is 5.75 Å². The van der Waals surface area contributed by atoms with Gasteiger partial charge in [0.15, 0.2) is 0 Å². The van der Waals surface area contributed by atoms with Crippen LogP contribution in [0.1, 0.15) is 21.6 Å². The van der Waals surface area contributed by atoms with Crippen molar-refractivity contribution in [2.75, 3.05) is 26.2 Å². The van der Waals surface area contributed by atoms with Gasteiger partial charge in [0.05, 0.1) is 11.2 Å². The van der Waals surface area contributed by atoms with Gasteiger partial charge in [-0.25, -0.2) is 4.98 Å². The predicted molar refractivity (Wildman–Crippen MR) is 116 cm³/mol. The van der Waals surface area contributed by atoms with Gasteiger partial charge >= 0.3 is 0 Å². The number of hydrogen-bond donors (Lipinski definition) is 0. The van der Waals surface area contributed by atoms with Crippen molar-refractivity contribution in [2.45, 2.75) is 13.2 Å². The van der Waals surface area contributed by atoms with Gasteiger partial charge in [0.2, 0.25) is 0 Å². The van der Waals surface area contributed by atoms with Crippen LogP contribution in [0.15, 0.2) is 59.4 Å². The maximum Gasteiger partial charge on any atom is 0.253 e. The SMILES string of the molecule is O=C(c1ccc(OCc2cscn2)cc1)N1CCN(Cc2ccc(Cl)cc2)CC1. The first-order valence-electron chi connectivity index (χ1n) is 9.53. The summed E-state index contributed by atoms with van der Waals surface area (Å²) in [6.45, 7) is 4.51. The summed E-state index contributed by atoms with van der Waals surface area (Å²) >= 11 is 7.50. The van der Waals surface area contributed by atoms with Gasteiger partial charge in [-0.2, -0.15) is 0 Å². The Morgan fingerprint density at radius 2 is 1.76 bits per heavy atom. The Hall–Kier alpha value is -2.41. The molecule has 0 radical (unpaired) electrons. The van der Waals surface area contributed by atoms with E-state index in [1.54, 1.807) is 16.8 Å². The molecule has 7 heteroatoms. The van der Waals surface area contributed by atoms with Crippen LogP contribution in [0.4, 0.5) is 0 Å². The molecule has 1 aromatic heterocycles. The summed E-state index contributed by atoms with van der Waals surface area (Å²) in [4.78, 5) is 21.3. The van der Waals surface area contributed by atoms with Crippen molar-refractivity contribution in [3.8, 4) is 5.75 Å². The molecule has 1 aliphatic rings. The van der Waals surface area contributed by atoms with E-state index < -0.39 is 0 Å².